The van der Waals surface area contributed by atoms with Crippen LogP contribution in [0.4, 0.5) is 5.69 Å². The number of rotatable bonds is 7. The molecule has 2 rings (SSSR count). The van der Waals surface area contributed by atoms with Gasteiger partial charge in [-0.05, 0) is 48.2 Å². The maximum absolute atomic E-state index is 11.9. The summed E-state index contributed by atoms with van der Waals surface area (Å²) < 4.78 is 4.61. The van der Waals surface area contributed by atoms with Gasteiger partial charge in [0.15, 0.2) is 0 Å². The van der Waals surface area contributed by atoms with E-state index < -0.39 is 17.8 Å². The Morgan fingerprint density at radius 1 is 1.00 bits per heavy atom. The summed E-state index contributed by atoms with van der Waals surface area (Å²) >= 11 is 0. The fourth-order valence-corrected chi connectivity index (χ4v) is 2.36. The molecule has 0 bridgehead atoms. The highest BCUT2D eigenvalue weighted by Gasteiger charge is 2.12. The van der Waals surface area contributed by atoms with Gasteiger partial charge in [-0.1, -0.05) is 37.6 Å². The number of aryl methyl sites for hydroxylation is 1. The number of hydrogen-bond donors (Lipinski definition) is 2. The third kappa shape index (κ3) is 6.35. The molecule has 0 fully saturated rings. The van der Waals surface area contributed by atoms with E-state index in [2.05, 4.69) is 27.5 Å². The zero-order valence-corrected chi connectivity index (χ0v) is 15.9. The van der Waals surface area contributed by atoms with Crippen molar-refractivity contribution in [3.05, 3.63) is 65.2 Å². The molecule has 0 radical (unpaired) electrons. The van der Waals surface area contributed by atoms with Gasteiger partial charge < -0.3 is 10.1 Å². The fraction of sp³-hybridized carbons (Fsp3) is 0.238. The number of hydrazone groups is 1. The van der Waals surface area contributed by atoms with Crippen LogP contribution in [0.3, 0.4) is 0 Å². The average Bonchev–Trinajstić information content (AvgIpc) is 2.73. The highest BCUT2D eigenvalue weighted by molar-refractivity contribution is 6.39. The van der Waals surface area contributed by atoms with E-state index in [0.29, 0.717) is 16.8 Å². The molecule has 7 heteroatoms. The third-order valence-corrected chi connectivity index (χ3v) is 3.95. The van der Waals surface area contributed by atoms with E-state index in [4.69, 9.17) is 0 Å². The first kappa shape index (κ1) is 20.8. The maximum Gasteiger partial charge on any atom is 0.337 e. The smallest absolute Gasteiger partial charge is 0.337 e. The maximum atomic E-state index is 11.9. The molecule has 0 aliphatic heterocycles. The largest absolute Gasteiger partial charge is 0.465 e. The molecular weight excluding hydrogens is 358 g/mol. The number of benzene rings is 2. The third-order valence-electron chi connectivity index (χ3n) is 3.95. The lowest BCUT2D eigenvalue weighted by atomic mass is 10.1. The Bertz CT molecular complexity index is 843. The predicted molar refractivity (Wildman–Crippen MR) is 107 cm³/mol. The number of methoxy groups -OCH3 is 1. The van der Waals surface area contributed by atoms with Crippen LogP contribution in [0.5, 0.6) is 0 Å². The molecule has 2 N–H and O–H groups in total. The van der Waals surface area contributed by atoms with Crippen molar-refractivity contribution in [2.24, 2.45) is 5.10 Å². The van der Waals surface area contributed by atoms with Crippen molar-refractivity contribution in [1.82, 2.24) is 5.43 Å². The summed E-state index contributed by atoms with van der Waals surface area (Å²) in [6.45, 7) is 2.13. The number of nitrogens with zero attached hydrogens (tertiary/aromatic N) is 1. The van der Waals surface area contributed by atoms with Crippen molar-refractivity contribution in [2.45, 2.75) is 26.2 Å². The van der Waals surface area contributed by atoms with Gasteiger partial charge in [-0.3, -0.25) is 9.59 Å². The van der Waals surface area contributed by atoms with Crippen LogP contribution in [0.2, 0.25) is 0 Å². The number of unbranched alkanes of at least 4 members (excludes halogenated alkanes) is 1. The molecule has 0 aliphatic carbocycles. The van der Waals surface area contributed by atoms with Gasteiger partial charge in [0, 0.05) is 5.69 Å². The predicted octanol–water partition coefficient (Wildman–Crippen LogP) is 2.90. The van der Waals surface area contributed by atoms with Crippen LogP contribution in [-0.2, 0) is 20.7 Å². The Hall–Kier alpha value is -3.48. The summed E-state index contributed by atoms with van der Waals surface area (Å²) in [5, 5.41) is 6.27. The van der Waals surface area contributed by atoms with E-state index >= 15 is 0 Å². The molecule has 0 heterocycles. The summed E-state index contributed by atoms with van der Waals surface area (Å²) in [6, 6.07) is 13.8. The van der Waals surface area contributed by atoms with Crippen molar-refractivity contribution in [1.29, 1.82) is 0 Å². The van der Waals surface area contributed by atoms with E-state index in [-0.39, 0.29) is 0 Å². The van der Waals surface area contributed by atoms with Crippen LogP contribution in [0.25, 0.3) is 0 Å². The first-order chi connectivity index (χ1) is 13.5. The minimum Gasteiger partial charge on any atom is -0.465 e. The van der Waals surface area contributed by atoms with Crippen molar-refractivity contribution in [2.75, 3.05) is 12.4 Å². The van der Waals surface area contributed by atoms with Crippen molar-refractivity contribution < 1.29 is 19.1 Å². The van der Waals surface area contributed by atoms with Crippen LogP contribution in [0.15, 0.2) is 53.6 Å². The molecule has 0 aliphatic rings. The normalized spacial score (nSPS) is 10.5. The lowest BCUT2D eigenvalue weighted by molar-refractivity contribution is -0.136. The van der Waals surface area contributed by atoms with Gasteiger partial charge in [0.05, 0.1) is 18.9 Å². The highest BCUT2D eigenvalue weighted by atomic mass is 16.5. The number of nitrogens with one attached hydrogen (secondary N) is 2. The number of carbonyl (C=O) groups excluding carboxylic acids is 3. The van der Waals surface area contributed by atoms with E-state index in [1.807, 2.05) is 12.1 Å². The summed E-state index contributed by atoms with van der Waals surface area (Å²) in [5.41, 5.74) is 4.95. The molecule has 0 spiro atoms. The average molecular weight is 381 g/mol. The number of ether oxygens (including phenoxy) is 1. The van der Waals surface area contributed by atoms with Crippen molar-refractivity contribution in [3.8, 4) is 0 Å². The van der Waals surface area contributed by atoms with Gasteiger partial charge in [-0.2, -0.15) is 5.10 Å². The quantitative estimate of drug-likeness (QED) is 0.334. The molecule has 0 unspecified atom stereocenters. The fourth-order valence-electron chi connectivity index (χ4n) is 2.36. The number of anilines is 1. The Kier molecular flexibility index (Phi) is 7.90. The second-order valence-corrected chi connectivity index (χ2v) is 6.07. The van der Waals surface area contributed by atoms with E-state index in [1.165, 1.54) is 18.9 Å². The van der Waals surface area contributed by atoms with Crippen molar-refractivity contribution in [3.63, 3.8) is 0 Å². The summed E-state index contributed by atoms with van der Waals surface area (Å²) in [6.07, 6.45) is 4.58. The van der Waals surface area contributed by atoms with Gasteiger partial charge in [0.1, 0.15) is 0 Å². The highest BCUT2D eigenvalue weighted by Crippen LogP contribution is 2.11. The topological polar surface area (TPSA) is 96.9 Å². The van der Waals surface area contributed by atoms with E-state index in [9.17, 15) is 14.4 Å². The van der Waals surface area contributed by atoms with Gasteiger partial charge in [-0.25, -0.2) is 10.2 Å². The van der Waals surface area contributed by atoms with Crippen molar-refractivity contribution >= 4 is 29.7 Å². The Morgan fingerprint density at radius 2 is 1.68 bits per heavy atom. The zero-order valence-electron chi connectivity index (χ0n) is 15.9. The van der Waals surface area contributed by atoms with Crippen LogP contribution in [0.1, 0.15) is 41.3 Å². The second kappa shape index (κ2) is 10.6. The molecule has 2 aromatic rings. The summed E-state index contributed by atoms with van der Waals surface area (Å²) in [7, 11) is 1.30. The standard InChI is InChI=1S/C21H23N3O4/c1-3-4-5-15-8-12-18(13-9-15)23-19(25)20(26)24-22-14-16-6-10-17(11-7-16)21(27)28-2/h6-14H,3-5H2,1-2H3,(H,23,25)(H,24,26). The monoisotopic (exact) mass is 381 g/mol. The molecule has 28 heavy (non-hydrogen) atoms. The van der Waals surface area contributed by atoms with E-state index in [0.717, 1.165) is 19.3 Å². The first-order valence-corrected chi connectivity index (χ1v) is 8.95. The lowest BCUT2D eigenvalue weighted by Gasteiger charge is -2.05. The second-order valence-electron chi connectivity index (χ2n) is 6.07. The van der Waals surface area contributed by atoms with Crippen LogP contribution < -0.4 is 10.7 Å². The lowest BCUT2D eigenvalue weighted by Crippen LogP contribution is -2.32. The van der Waals surface area contributed by atoms with Gasteiger partial charge in [0.2, 0.25) is 0 Å². The first-order valence-electron chi connectivity index (χ1n) is 8.95. The van der Waals surface area contributed by atoms with Crippen LogP contribution in [-0.4, -0.2) is 31.1 Å². The summed E-state index contributed by atoms with van der Waals surface area (Å²) in [4.78, 5) is 35.1. The SMILES string of the molecule is CCCCc1ccc(NC(=O)C(=O)NN=Cc2ccc(C(=O)OC)cc2)cc1. The van der Waals surface area contributed by atoms with Gasteiger partial charge >= 0.3 is 17.8 Å². The molecule has 0 saturated heterocycles. The van der Waals surface area contributed by atoms with Crippen LogP contribution >= 0.6 is 0 Å². The molecule has 0 atom stereocenters. The van der Waals surface area contributed by atoms with Gasteiger partial charge in [0.25, 0.3) is 0 Å². The zero-order chi connectivity index (χ0) is 20.4. The number of esters is 1. The molecular formula is C21H23N3O4. The van der Waals surface area contributed by atoms with Crippen LogP contribution in [0, 0.1) is 0 Å². The Balaban J connectivity index is 1.84. The Labute approximate surface area is 163 Å². The molecule has 146 valence electrons. The number of carbonyl (C=O) groups is 3. The minimum absolute atomic E-state index is 0.406. The molecule has 2 aromatic carbocycles. The molecule has 0 aromatic heterocycles. The van der Waals surface area contributed by atoms with Gasteiger partial charge in [-0.15, -0.1) is 0 Å². The molecule has 7 nitrogen and oxygen atoms in total. The van der Waals surface area contributed by atoms with E-state index in [1.54, 1.807) is 36.4 Å². The summed E-state index contributed by atoms with van der Waals surface area (Å²) in [5.74, 6) is -2.12. The number of amides is 2. The molecule has 0 saturated carbocycles. The number of hydrogen-bond acceptors (Lipinski definition) is 5. The molecule has 2 amide bonds. The minimum atomic E-state index is -0.877. The Morgan fingerprint density at radius 3 is 2.29 bits per heavy atom.